The largest absolute Gasteiger partial charge is 0.422 e. The summed E-state index contributed by atoms with van der Waals surface area (Å²) < 4.78 is 5.54. The number of anilines is 1. The Hall–Kier alpha value is -3.21. The van der Waals surface area contributed by atoms with Crippen molar-refractivity contribution in [1.29, 1.82) is 5.41 Å². The van der Waals surface area contributed by atoms with Crippen LogP contribution in [0.2, 0.25) is 0 Å². The highest BCUT2D eigenvalue weighted by Crippen LogP contribution is 2.23. The van der Waals surface area contributed by atoms with Gasteiger partial charge in [-0.2, -0.15) is 5.10 Å². The van der Waals surface area contributed by atoms with E-state index in [1.807, 2.05) is 48.5 Å². The Bertz CT molecular complexity index is 1050. The van der Waals surface area contributed by atoms with Crippen molar-refractivity contribution in [1.82, 2.24) is 0 Å². The van der Waals surface area contributed by atoms with Crippen molar-refractivity contribution < 1.29 is 4.42 Å². The van der Waals surface area contributed by atoms with E-state index in [2.05, 4.69) is 17.5 Å². The van der Waals surface area contributed by atoms with E-state index in [-0.39, 0.29) is 5.63 Å². The zero-order valence-corrected chi connectivity index (χ0v) is 16.3. The molecule has 0 atom stereocenters. The highest BCUT2D eigenvalue weighted by Gasteiger charge is 2.08. The zero-order valence-electron chi connectivity index (χ0n) is 16.3. The first kappa shape index (κ1) is 19.5. The van der Waals surface area contributed by atoms with Gasteiger partial charge >= 0.3 is 5.63 Å². The molecule has 1 heterocycles. The Labute approximate surface area is 164 Å². The summed E-state index contributed by atoms with van der Waals surface area (Å²) in [6.45, 7) is 3.90. The van der Waals surface area contributed by atoms with Gasteiger partial charge in [0, 0.05) is 11.5 Å². The van der Waals surface area contributed by atoms with Crippen LogP contribution in [0.4, 0.5) is 5.69 Å². The van der Waals surface area contributed by atoms with E-state index in [0.29, 0.717) is 16.9 Å². The molecule has 2 aromatic carbocycles. The molecule has 5 nitrogen and oxygen atoms in total. The van der Waals surface area contributed by atoms with Crippen LogP contribution < -0.4 is 11.1 Å². The molecule has 0 aliphatic heterocycles. The van der Waals surface area contributed by atoms with Gasteiger partial charge in [-0.25, -0.2) is 4.79 Å². The molecule has 0 spiro atoms. The Morgan fingerprint density at radius 3 is 2.61 bits per heavy atom. The van der Waals surface area contributed by atoms with Crippen LogP contribution in [-0.4, -0.2) is 11.4 Å². The fourth-order valence-electron chi connectivity index (χ4n) is 3.00. The van der Waals surface area contributed by atoms with Crippen LogP contribution in [0, 0.1) is 5.41 Å². The van der Waals surface area contributed by atoms with E-state index in [0.717, 1.165) is 48.0 Å². The molecule has 0 amide bonds. The molecule has 5 heteroatoms. The summed E-state index contributed by atoms with van der Waals surface area (Å²) in [5.74, 6) is 0. The van der Waals surface area contributed by atoms with Gasteiger partial charge in [0.05, 0.1) is 22.7 Å². The predicted octanol–water partition coefficient (Wildman–Crippen LogP) is 5.85. The predicted molar refractivity (Wildman–Crippen MR) is 117 cm³/mol. The molecule has 1 aromatic heterocycles. The Morgan fingerprint density at radius 2 is 1.89 bits per heavy atom. The molecule has 3 rings (SSSR count). The normalized spacial score (nSPS) is 11.6. The van der Waals surface area contributed by atoms with E-state index >= 15 is 0 Å². The summed E-state index contributed by atoms with van der Waals surface area (Å²) in [5.41, 5.74) is 6.44. The minimum atomic E-state index is -0.366. The van der Waals surface area contributed by atoms with Crippen LogP contribution in [0.3, 0.4) is 0 Å². The average Bonchev–Trinajstić information content (AvgIpc) is 2.70. The fourth-order valence-corrected chi connectivity index (χ4v) is 3.00. The minimum Gasteiger partial charge on any atom is -0.422 e. The number of hydrogen-bond acceptors (Lipinski definition) is 5. The van der Waals surface area contributed by atoms with Gasteiger partial charge in [-0.1, -0.05) is 50.1 Å². The van der Waals surface area contributed by atoms with Gasteiger partial charge in [0.25, 0.3) is 0 Å². The van der Waals surface area contributed by atoms with Crippen LogP contribution >= 0.6 is 0 Å². The van der Waals surface area contributed by atoms with E-state index in [4.69, 9.17) is 9.83 Å². The zero-order chi connectivity index (χ0) is 19.9. The van der Waals surface area contributed by atoms with Crippen molar-refractivity contribution in [2.45, 2.75) is 39.5 Å². The molecule has 0 radical (unpaired) electrons. The van der Waals surface area contributed by atoms with E-state index < -0.39 is 0 Å². The van der Waals surface area contributed by atoms with Crippen LogP contribution in [0.1, 0.15) is 39.5 Å². The van der Waals surface area contributed by atoms with Crippen LogP contribution in [-0.2, 0) is 0 Å². The van der Waals surface area contributed by atoms with Crippen LogP contribution in [0.15, 0.2) is 68.9 Å². The molecule has 0 fully saturated rings. The molecule has 2 N–H and O–H groups in total. The second-order valence-electron chi connectivity index (χ2n) is 6.82. The number of benzene rings is 2. The smallest absolute Gasteiger partial charge is 0.344 e. The first-order chi connectivity index (χ1) is 13.6. The monoisotopic (exact) mass is 375 g/mol. The molecule has 0 aliphatic carbocycles. The van der Waals surface area contributed by atoms with E-state index in [1.165, 1.54) is 0 Å². The molecule has 0 saturated carbocycles. The van der Waals surface area contributed by atoms with Gasteiger partial charge in [0.2, 0.25) is 0 Å². The number of rotatable bonds is 8. The molecule has 3 aromatic rings. The third-order valence-electron chi connectivity index (χ3n) is 4.59. The first-order valence-electron chi connectivity index (χ1n) is 9.60. The number of hydrazone groups is 1. The lowest BCUT2D eigenvalue weighted by Crippen LogP contribution is -2.11. The maximum atomic E-state index is 12.4. The molecular weight excluding hydrogens is 350 g/mol. The highest BCUT2D eigenvalue weighted by atomic mass is 16.4. The van der Waals surface area contributed by atoms with Gasteiger partial charge in [0.15, 0.2) is 0 Å². The SMILES string of the molecule is CCCCC/C(=N/Nc1ccc2cc(-c3ccccc3)c(=O)oc2c1)C(C)=N. The molecule has 144 valence electrons. The summed E-state index contributed by atoms with van der Waals surface area (Å²) >= 11 is 0. The van der Waals surface area contributed by atoms with Crippen molar-refractivity contribution in [3.05, 3.63) is 65.0 Å². The van der Waals surface area contributed by atoms with Crippen LogP contribution in [0.5, 0.6) is 0 Å². The number of hydrogen-bond donors (Lipinski definition) is 2. The molecular formula is C23H25N3O2. The molecule has 0 bridgehead atoms. The second kappa shape index (κ2) is 9.13. The van der Waals surface area contributed by atoms with Gasteiger partial charge < -0.3 is 9.83 Å². The third-order valence-corrected chi connectivity index (χ3v) is 4.59. The van der Waals surface area contributed by atoms with Crippen molar-refractivity contribution >= 4 is 28.1 Å². The van der Waals surface area contributed by atoms with Gasteiger partial charge in [0.1, 0.15) is 5.58 Å². The Morgan fingerprint density at radius 1 is 1.11 bits per heavy atom. The third kappa shape index (κ3) is 4.74. The number of nitrogens with zero attached hydrogens (tertiary/aromatic N) is 1. The summed E-state index contributed by atoms with van der Waals surface area (Å²) in [4.78, 5) is 12.4. The van der Waals surface area contributed by atoms with Crippen LogP contribution in [0.25, 0.3) is 22.1 Å². The topological polar surface area (TPSA) is 78.5 Å². The first-order valence-corrected chi connectivity index (χ1v) is 9.60. The van der Waals surface area contributed by atoms with E-state index in [9.17, 15) is 4.79 Å². The number of unbranched alkanes of at least 4 members (excludes halogenated alkanes) is 2. The quantitative estimate of drug-likeness (QED) is 0.224. The lowest BCUT2D eigenvalue weighted by molar-refractivity contribution is 0.563. The summed E-state index contributed by atoms with van der Waals surface area (Å²) in [5, 5.41) is 13.1. The van der Waals surface area contributed by atoms with Gasteiger partial charge in [-0.3, -0.25) is 5.43 Å². The molecule has 0 aliphatic rings. The molecule has 0 saturated heterocycles. The maximum Gasteiger partial charge on any atom is 0.344 e. The van der Waals surface area contributed by atoms with Gasteiger partial charge in [-0.05, 0) is 43.5 Å². The summed E-state index contributed by atoms with van der Waals surface area (Å²) in [7, 11) is 0. The molecule has 0 unspecified atom stereocenters. The Balaban J connectivity index is 1.85. The van der Waals surface area contributed by atoms with Crippen molar-refractivity contribution in [2.75, 3.05) is 5.43 Å². The highest BCUT2D eigenvalue weighted by molar-refractivity contribution is 6.40. The Kier molecular flexibility index (Phi) is 6.37. The lowest BCUT2D eigenvalue weighted by Gasteiger charge is -2.07. The number of nitrogens with one attached hydrogen (secondary N) is 2. The maximum absolute atomic E-state index is 12.4. The second-order valence-corrected chi connectivity index (χ2v) is 6.82. The summed E-state index contributed by atoms with van der Waals surface area (Å²) in [6, 6.07) is 16.9. The van der Waals surface area contributed by atoms with E-state index in [1.54, 1.807) is 13.0 Å². The lowest BCUT2D eigenvalue weighted by atomic mass is 10.1. The average molecular weight is 375 g/mol. The summed E-state index contributed by atoms with van der Waals surface area (Å²) in [6.07, 6.45) is 4.05. The fraction of sp³-hybridized carbons (Fsp3) is 0.261. The van der Waals surface area contributed by atoms with Crippen molar-refractivity contribution in [2.24, 2.45) is 5.10 Å². The molecule has 28 heavy (non-hydrogen) atoms. The van der Waals surface area contributed by atoms with Crippen molar-refractivity contribution in [3.8, 4) is 11.1 Å². The number of fused-ring (bicyclic) bond motifs is 1. The standard InChI is InChI=1S/C23H25N3O2/c1-3-4-6-11-21(16(2)24)26-25-19-13-12-18-14-20(17-9-7-5-8-10-17)23(27)28-22(18)15-19/h5,7-10,12-15,24-25H,3-4,6,11H2,1-2H3/b24-16?,26-21-. The van der Waals surface area contributed by atoms with Crippen molar-refractivity contribution in [3.63, 3.8) is 0 Å². The van der Waals surface area contributed by atoms with Gasteiger partial charge in [-0.15, -0.1) is 0 Å². The minimum absolute atomic E-state index is 0.366.